The van der Waals surface area contributed by atoms with Gasteiger partial charge < -0.3 is 10.0 Å². The Morgan fingerprint density at radius 3 is 2.71 bits per heavy atom. The van der Waals surface area contributed by atoms with Gasteiger partial charge in [-0.1, -0.05) is 30.3 Å². The van der Waals surface area contributed by atoms with Gasteiger partial charge in [0, 0.05) is 12.5 Å². The lowest BCUT2D eigenvalue weighted by atomic mass is 9.93. The first-order valence-electron chi connectivity index (χ1n) is 4.78. The molecule has 1 aliphatic rings. The highest BCUT2D eigenvalue weighted by molar-refractivity contribution is 5.60. The number of hydrogen-bond donors (Lipinski definition) is 1. The molecule has 1 N–H and O–H groups in total. The van der Waals surface area contributed by atoms with Crippen LogP contribution in [-0.4, -0.2) is 29.1 Å². The maximum atomic E-state index is 10.8. The predicted molar refractivity (Wildman–Crippen MR) is 52.1 cm³/mol. The summed E-state index contributed by atoms with van der Waals surface area (Å²) in [5.74, 6) is 0.138. The molecule has 2 unspecified atom stereocenters. The monoisotopic (exact) mass is 191 g/mol. The van der Waals surface area contributed by atoms with Crippen molar-refractivity contribution in [3.8, 4) is 0 Å². The molecule has 0 amide bonds. The zero-order chi connectivity index (χ0) is 9.97. The Labute approximate surface area is 82.9 Å². The summed E-state index contributed by atoms with van der Waals surface area (Å²) in [6.07, 6.45) is 1.66. The largest absolute Gasteiger partial charge is 0.313 e. The van der Waals surface area contributed by atoms with Gasteiger partial charge >= 0.3 is 0 Å². The number of benzene rings is 1. The molecule has 3 nitrogen and oxygen atoms in total. The lowest BCUT2D eigenvalue weighted by Crippen LogP contribution is -2.30. The number of hydroxylamine groups is 2. The first-order chi connectivity index (χ1) is 6.83. The second-order valence-corrected chi connectivity index (χ2v) is 3.60. The number of hydrogen-bond acceptors (Lipinski definition) is 3. The van der Waals surface area contributed by atoms with Crippen LogP contribution < -0.4 is 0 Å². The molecule has 1 aromatic carbocycles. The number of aldehydes is 1. The van der Waals surface area contributed by atoms with Gasteiger partial charge in [-0.2, -0.15) is 5.06 Å². The maximum absolute atomic E-state index is 10.8. The minimum Gasteiger partial charge on any atom is -0.313 e. The summed E-state index contributed by atoms with van der Waals surface area (Å²) in [6.45, 7) is 0.572. The van der Waals surface area contributed by atoms with Crippen molar-refractivity contribution in [2.45, 2.75) is 18.4 Å². The van der Waals surface area contributed by atoms with Crippen molar-refractivity contribution in [3.05, 3.63) is 35.9 Å². The molecule has 0 aliphatic carbocycles. The molecule has 2 rings (SSSR count). The van der Waals surface area contributed by atoms with E-state index in [2.05, 4.69) is 0 Å². The third kappa shape index (κ3) is 1.56. The molecule has 2 atom stereocenters. The van der Waals surface area contributed by atoms with Crippen molar-refractivity contribution >= 4 is 6.29 Å². The Hall–Kier alpha value is -1.19. The van der Waals surface area contributed by atoms with E-state index in [1.54, 1.807) is 0 Å². The Kier molecular flexibility index (Phi) is 2.61. The number of rotatable bonds is 2. The normalized spacial score (nSPS) is 27.8. The van der Waals surface area contributed by atoms with Crippen molar-refractivity contribution in [1.82, 2.24) is 5.06 Å². The summed E-state index contributed by atoms with van der Waals surface area (Å²) in [7, 11) is 0. The van der Waals surface area contributed by atoms with Crippen LogP contribution in [0.2, 0.25) is 0 Å². The molecule has 1 heterocycles. The van der Waals surface area contributed by atoms with Crippen LogP contribution in [0, 0.1) is 0 Å². The highest BCUT2D eigenvalue weighted by atomic mass is 16.5. The summed E-state index contributed by atoms with van der Waals surface area (Å²) in [4.78, 5) is 10.8. The van der Waals surface area contributed by atoms with Crippen LogP contribution in [0.4, 0.5) is 0 Å². The molecule has 0 aromatic heterocycles. The van der Waals surface area contributed by atoms with Gasteiger partial charge in [0.05, 0.1) is 6.04 Å². The summed E-state index contributed by atoms with van der Waals surface area (Å²) < 4.78 is 0. The average molecular weight is 191 g/mol. The van der Waals surface area contributed by atoms with E-state index in [1.165, 1.54) is 0 Å². The highest BCUT2D eigenvalue weighted by Crippen LogP contribution is 2.30. The fourth-order valence-corrected chi connectivity index (χ4v) is 2.03. The van der Waals surface area contributed by atoms with Crippen molar-refractivity contribution in [2.24, 2.45) is 0 Å². The van der Waals surface area contributed by atoms with Gasteiger partial charge in [0.15, 0.2) is 0 Å². The Morgan fingerprint density at radius 1 is 1.36 bits per heavy atom. The number of carbonyl (C=O) groups excluding carboxylic acids is 1. The number of carbonyl (C=O) groups is 1. The predicted octanol–water partition coefficient (Wildman–Crippen LogP) is 1.43. The van der Waals surface area contributed by atoms with Gasteiger partial charge in [0.1, 0.15) is 6.29 Å². The van der Waals surface area contributed by atoms with E-state index in [1.807, 2.05) is 30.3 Å². The van der Waals surface area contributed by atoms with Crippen molar-refractivity contribution in [1.29, 1.82) is 0 Å². The number of nitrogens with zero attached hydrogens (tertiary/aromatic N) is 1. The minimum atomic E-state index is -0.377. The molecule has 1 saturated heterocycles. The van der Waals surface area contributed by atoms with Gasteiger partial charge in [0.2, 0.25) is 0 Å². The average Bonchev–Trinajstić information content (AvgIpc) is 2.61. The van der Waals surface area contributed by atoms with Crippen molar-refractivity contribution in [2.75, 3.05) is 6.54 Å². The first-order valence-corrected chi connectivity index (χ1v) is 4.78. The molecule has 0 bridgehead atoms. The second kappa shape index (κ2) is 3.90. The van der Waals surface area contributed by atoms with E-state index in [0.717, 1.165) is 23.3 Å². The Bertz CT molecular complexity index is 312. The minimum absolute atomic E-state index is 0.138. The molecular weight excluding hydrogens is 178 g/mol. The van der Waals surface area contributed by atoms with Gasteiger partial charge in [-0.3, -0.25) is 0 Å². The van der Waals surface area contributed by atoms with Gasteiger partial charge in [0.25, 0.3) is 0 Å². The van der Waals surface area contributed by atoms with Crippen LogP contribution >= 0.6 is 0 Å². The lowest BCUT2D eigenvalue weighted by molar-refractivity contribution is -0.133. The molecule has 14 heavy (non-hydrogen) atoms. The van der Waals surface area contributed by atoms with E-state index in [9.17, 15) is 10.0 Å². The molecule has 74 valence electrons. The fourth-order valence-electron chi connectivity index (χ4n) is 2.03. The molecular formula is C11H13NO2. The third-order valence-corrected chi connectivity index (χ3v) is 2.79. The van der Waals surface area contributed by atoms with Crippen LogP contribution in [0.3, 0.4) is 0 Å². The van der Waals surface area contributed by atoms with Crippen LogP contribution in [0.5, 0.6) is 0 Å². The highest BCUT2D eigenvalue weighted by Gasteiger charge is 2.33. The lowest BCUT2D eigenvalue weighted by Gasteiger charge is -2.17. The molecule has 0 saturated carbocycles. The van der Waals surface area contributed by atoms with Crippen LogP contribution in [-0.2, 0) is 4.79 Å². The SMILES string of the molecule is O=CC1C(c2ccccc2)CCN1O. The summed E-state index contributed by atoms with van der Waals surface area (Å²) in [6, 6.07) is 9.48. The molecule has 3 heteroatoms. The standard InChI is InChI=1S/C11H13NO2/c13-8-11-10(6-7-12(11)14)9-4-2-1-3-5-9/h1-5,8,10-11,14H,6-7H2. The Morgan fingerprint density at radius 2 is 2.07 bits per heavy atom. The van der Waals surface area contributed by atoms with Crippen molar-refractivity contribution in [3.63, 3.8) is 0 Å². The molecule has 0 spiro atoms. The third-order valence-electron chi connectivity index (χ3n) is 2.79. The van der Waals surface area contributed by atoms with Crippen LogP contribution in [0.1, 0.15) is 17.9 Å². The molecule has 1 aliphatic heterocycles. The second-order valence-electron chi connectivity index (χ2n) is 3.60. The smallest absolute Gasteiger partial charge is 0.140 e. The van der Waals surface area contributed by atoms with E-state index in [4.69, 9.17) is 0 Å². The topological polar surface area (TPSA) is 40.5 Å². The molecule has 1 fully saturated rings. The zero-order valence-corrected chi connectivity index (χ0v) is 7.84. The summed E-state index contributed by atoms with van der Waals surface area (Å²) >= 11 is 0. The van der Waals surface area contributed by atoms with E-state index in [0.29, 0.717) is 6.54 Å². The van der Waals surface area contributed by atoms with Gasteiger partial charge in [-0.15, -0.1) is 0 Å². The maximum Gasteiger partial charge on any atom is 0.140 e. The van der Waals surface area contributed by atoms with E-state index < -0.39 is 0 Å². The van der Waals surface area contributed by atoms with Gasteiger partial charge in [-0.25, -0.2) is 0 Å². The van der Waals surface area contributed by atoms with E-state index in [-0.39, 0.29) is 12.0 Å². The van der Waals surface area contributed by atoms with Crippen LogP contribution in [0.25, 0.3) is 0 Å². The summed E-state index contributed by atoms with van der Waals surface area (Å²) in [5.41, 5.74) is 1.13. The zero-order valence-electron chi connectivity index (χ0n) is 7.84. The van der Waals surface area contributed by atoms with Gasteiger partial charge in [-0.05, 0) is 12.0 Å². The Balaban J connectivity index is 2.23. The fraction of sp³-hybridized carbons (Fsp3) is 0.364. The first kappa shape index (κ1) is 9.37. The van der Waals surface area contributed by atoms with Crippen molar-refractivity contribution < 1.29 is 10.0 Å². The van der Waals surface area contributed by atoms with Crippen LogP contribution in [0.15, 0.2) is 30.3 Å². The van der Waals surface area contributed by atoms with E-state index >= 15 is 0 Å². The summed E-state index contributed by atoms with van der Waals surface area (Å²) in [5, 5.41) is 10.6. The molecule has 1 aromatic rings. The quantitative estimate of drug-likeness (QED) is 0.719. The molecule has 0 radical (unpaired) electrons.